The summed E-state index contributed by atoms with van der Waals surface area (Å²) < 4.78 is 187. The van der Waals surface area contributed by atoms with Gasteiger partial charge in [0.15, 0.2) is 30.4 Å². The van der Waals surface area contributed by atoms with Gasteiger partial charge >= 0.3 is 52.1 Å². The maximum Gasteiger partial charge on any atom is 3.00 e. The standard InChI is InChI=1S/C21H24N9PS.C4H8O.3CHF3O3S.La/c1-28(25-16-19-10-4-7-13-22-19)31(32,29(2)26-17-20-11-5-8-14-23-20)30(3)27-18-21-12-6-9-15-24-21;1-2-4-5-3-1;3*2-1(3,4)8(5,6)7;/h4-18H,1-3H3;1-4H2;3*(H,5,6,7);/q;;;;;+3/p-3/b25-16+,26-17+,27-18+;;;;;. The van der Waals surface area contributed by atoms with Crippen molar-refractivity contribution in [2.45, 2.75) is 29.4 Å². The predicted octanol–water partition coefficient (Wildman–Crippen LogP) is 4.24. The van der Waals surface area contributed by atoms with Crippen LogP contribution in [0, 0.1) is 35.6 Å². The van der Waals surface area contributed by atoms with Crippen LogP contribution >= 0.6 is 6.49 Å². The molecule has 1 aliphatic heterocycles. The van der Waals surface area contributed by atoms with Gasteiger partial charge in [-0.05, 0) is 61.0 Å². The van der Waals surface area contributed by atoms with E-state index >= 15 is 0 Å². The summed E-state index contributed by atoms with van der Waals surface area (Å²) in [5.74, 6) is 0. The van der Waals surface area contributed by atoms with Crippen LogP contribution in [-0.4, -0.2) is 138 Å². The molecule has 1 aliphatic rings. The van der Waals surface area contributed by atoms with Crippen molar-refractivity contribution in [1.29, 1.82) is 0 Å². The molecule has 0 amide bonds. The third-order valence-electron chi connectivity index (χ3n) is 5.94. The van der Waals surface area contributed by atoms with Crippen molar-refractivity contribution in [1.82, 2.24) is 29.3 Å². The summed E-state index contributed by atoms with van der Waals surface area (Å²) in [4.78, 5) is 12.8. The molecule has 344 valence electrons. The van der Waals surface area contributed by atoms with Crippen LogP contribution in [0.1, 0.15) is 29.9 Å². The number of aromatic nitrogens is 3. The third kappa shape index (κ3) is 24.0. The van der Waals surface area contributed by atoms with Gasteiger partial charge in [0.25, 0.3) is 6.49 Å². The smallest absolute Gasteiger partial charge is 0.741 e. The maximum atomic E-state index is 10.7. The Morgan fingerprint density at radius 1 is 0.581 bits per heavy atom. The Morgan fingerprint density at radius 2 is 0.806 bits per heavy atom. The Morgan fingerprint density at radius 3 is 0.952 bits per heavy atom. The summed E-state index contributed by atoms with van der Waals surface area (Å²) in [6.45, 7) is -0.747. The molecule has 0 aliphatic carbocycles. The molecular weight excluding hydrogens is 1090 g/mol. The molecule has 0 unspecified atom stereocenters. The molecule has 0 radical (unpaired) electrons. The zero-order valence-corrected chi connectivity index (χ0v) is 39.4. The molecule has 0 saturated carbocycles. The predicted molar refractivity (Wildman–Crippen MR) is 200 cm³/mol. The molecule has 62 heavy (non-hydrogen) atoms. The van der Waals surface area contributed by atoms with E-state index in [0.717, 1.165) is 30.3 Å². The van der Waals surface area contributed by atoms with Gasteiger partial charge in [0.2, 0.25) is 0 Å². The first kappa shape index (κ1) is 60.9. The fraction of sp³-hybridized carbons (Fsp3) is 0.357. The second kappa shape index (κ2) is 27.2. The topological polar surface area (TPSA) is 266 Å². The van der Waals surface area contributed by atoms with Crippen molar-refractivity contribution in [3.8, 4) is 0 Å². The van der Waals surface area contributed by atoms with Gasteiger partial charge in [0.05, 0.1) is 35.7 Å². The van der Waals surface area contributed by atoms with Gasteiger partial charge < -0.3 is 18.4 Å². The maximum absolute atomic E-state index is 10.7. The summed E-state index contributed by atoms with van der Waals surface area (Å²) in [5, 5.41) is 13.6. The van der Waals surface area contributed by atoms with Crippen molar-refractivity contribution < 1.29 is 119 Å². The number of hydrogen-bond acceptors (Lipinski definition) is 17. The molecule has 0 N–H and O–H groups in total. The van der Waals surface area contributed by atoms with Crippen molar-refractivity contribution in [2.24, 2.45) is 15.3 Å². The summed E-state index contributed by atoms with van der Waals surface area (Å²) in [7, 11) is -12.9. The Bertz CT molecular complexity index is 1990. The van der Waals surface area contributed by atoms with Gasteiger partial charge in [-0.1, -0.05) is 18.2 Å². The van der Waals surface area contributed by atoms with E-state index in [1.165, 1.54) is 12.8 Å². The van der Waals surface area contributed by atoms with E-state index < -0.39 is 53.4 Å². The average molecular weight is 1120 g/mol. The van der Waals surface area contributed by atoms with E-state index in [2.05, 4.69) is 30.3 Å². The van der Waals surface area contributed by atoms with Crippen LogP contribution in [-0.2, 0) is 46.9 Å². The molecule has 3 aromatic heterocycles. The van der Waals surface area contributed by atoms with E-state index in [1.807, 2.05) is 54.6 Å². The van der Waals surface area contributed by atoms with Gasteiger partial charge in [-0.2, -0.15) is 54.8 Å². The van der Waals surface area contributed by atoms with Crippen molar-refractivity contribution in [3.63, 3.8) is 0 Å². The molecule has 0 bridgehead atoms. The van der Waals surface area contributed by atoms with Crippen molar-refractivity contribution >= 4 is 67.3 Å². The van der Waals surface area contributed by atoms with Gasteiger partial charge in [-0.3, -0.25) is 15.0 Å². The number of pyridine rings is 3. The van der Waals surface area contributed by atoms with Crippen LogP contribution in [0.5, 0.6) is 0 Å². The van der Waals surface area contributed by atoms with Gasteiger partial charge in [0, 0.05) is 52.9 Å². The van der Waals surface area contributed by atoms with Crippen LogP contribution in [0.25, 0.3) is 0 Å². The van der Waals surface area contributed by atoms with Crippen LogP contribution in [0.3, 0.4) is 0 Å². The third-order valence-corrected chi connectivity index (χ3v) is 12.3. The van der Waals surface area contributed by atoms with Crippen LogP contribution in [0.4, 0.5) is 39.5 Å². The van der Waals surface area contributed by atoms with Gasteiger partial charge in [-0.25, -0.2) is 39.6 Å². The second-order valence-electron chi connectivity index (χ2n) is 10.5. The van der Waals surface area contributed by atoms with Crippen LogP contribution in [0.15, 0.2) is 88.5 Å². The number of ether oxygens (including phenoxy) is 1. The van der Waals surface area contributed by atoms with E-state index in [1.54, 1.807) is 72.7 Å². The number of hydrogen-bond donors (Lipinski definition) is 0. The van der Waals surface area contributed by atoms with E-state index in [0.29, 0.717) is 0 Å². The van der Waals surface area contributed by atoms with Gasteiger partial charge in [-0.15, -0.1) is 0 Å². The molecule has 0 spiro atoms. The first-order valence-corrected chi connectivity index (χ1v) is 22.5. The number of alkyl halides is 9. The molecule has 1 fully saturated rings. The van der Waals surface area contributed by atoms with Crippen molar-refractivity contribution in [3.05, 3.63) is 90.3 Å². The molecule has 1 saturated heterocycles. The minimum Gasteiger partial charge on any atom is -0.741 e. The molecule has 4 rings (SSSR count). The first-order valence-electron chi connectivity index (χ1n) is 15.6. The number of halogens is 9. The fourth-order valence-electron chi connectivity index (χ4n) is 3.06. The van der Waals surface area contributed by atoms with Crippen molar-refractivity contribution in [2.75, 3.05) is 34.4 Å². The summed E-state index contributed by atoms with van der Waals surface area (Å²) >= 11 is 6.10. The largest absolute Gasteiger partial charge is 3.00 e. The number of nitrogens with zero attached hydrogens (tertiary/aromatic N) is 9. The van der Waals surface area contributed by atoms with E-state index in [9.17, 15) is 39.5 Å². The minimum absolute atomic E-state index is 0. The molecule has 0 aromatic carbocycles. The second-order valence-corrected chi connectivity index (χ2v) is 18.8. The molecular formula is C28H32F9LaN9O10PS4. The number of hydrazone groups is 3. The SMILES string of the molecule is C1CCOC1.CN(/N=C/c1ccccn1)P(=S)(N(C)/N=C/c1ccccn1)N(C)/N=C/c1ccccn1.O=S(=O)([O-])C(F)(F)F.O=S(=O)([O-])C(F)(F)F.O=S(=O)([O-])C(F)(F)F.[La+3]. The Kier molecular flexibility index (Phi) is 26.7. The molecule has 0 atom stereocenters. The number of rotatable bonds is 9. The van der Waals surface area contributed by atoms with Gasteiger partial charge in [0.1, 0.15) is 0 Å². The van der Waals surface area contributed by atoms with Crippen LogP contribution < -0.4 is 0 Å². The zero-order valence-electron chi connectivity index (χ0n) is 31.7. The summed E-state index contributed by atoms with van der Waals surface area (Å²) in [6, 6.07) is 16.9. The molecule has 3 aromatic rings. The fourth-order valence-corrected chi connectivity index (χ4v) is 5.12. The summed E-state index contributed by atoms with van der Waals surface area (Å²) in [5.41, 5.74) is -14.8. The zero-order chi connectivity index (χ0) is 47.3. The molecule has 4 heterocycles. The summed E-state index contributed by atoms with van der Waals surface area (Å²) in [6.07, 6.45) is 12.7. The van der Waals surface area contributed by atoms with Crippen LogP contribution in [0.2, 0.25) is 0 Å². The Hall–Kier alpha value is -3.24. The van der Waals surface area contributed by atoms with E-state index in [-0.39, 0.29) is 35.6 Å². The Balaban J connectivity index is 0. The minimum atomic E-state index is -6.09. The normalized spacial score (nSPS) is 13.5. The molecule has 34 heteroatoms. The van der Waals surface area contributed by atoms with E-state index in [4.69, 9.17) is 55.5 Å². The Labute approximate surface area is 382 Å². The molecule has 19 nitrogen and oxygen atoms in total. The first-order chi connectivity index (χ1) is 27.7. The quantitative estimate of drug-likeness (QED) is 0.0724. The average Bonchev–Trinajstić information content (AvgIpc) is 3.75. The monoisotopic (exact) mass is 1120 g/mol.